The highest BCUT2D eigenvalue weighted by molar-refractivity contribution is 5.85. The Kier molecular flexibility index (Phi) is 3.26. The topological polar surface area (TPSA) is 37.3 Å². The van der Waals surface area contributed by atoms with Crippen molar-refractivity contribution in [3.8, 4) is 0 Å². The van der Waals surface area contributed by atoms with Gasteiger partial charge in [0, 0.05) is 5.92 Å². The number of hydrogen-bond acceptors (Lipinski definition) is 2. The number of aliphatic hydroxyl groups excluding tert-OH is 1. The SMILES string of the molecule is CC1=C(C)C[C@@H](C(=O)[C@H](C)O)CC1. The van der Waals surface area contributed by atoms with E-state index in [1.165, 1.54) is 11.1 Å². The zero-order valence-electron chi connectivity index (χ0n) is 8.63. The Morgan fingerprint density at radius 1 is 1.46 bits per heavy atom. The van der Waals surface area contributed by atoms with Crippen LogP contribution in [0.25, 0.3) is 0 Å². The third-order valence-electron chi connectivity index (χ3n) is 2.96. The van der Waals surface area contributed by atoms with Crippen molar-refractivity contribution < 1.29 is 9.90 Å². The molecule has 0 unspecified atom stereocenters. The number of allylic oxidation sites excluding steroid dienone is 2. The van der Waals surface area contributed by atoms with Gasteiger partial charge in [0.15, 0.2) is 5.78 Å². The zero-order chi connectivity index (χ0) is 10.0. The summed E-state index contributed by atoms with van der Waals surface area (Å²) in [5.41, 5.74) is 2.74. The van der Waals surface area contributed by atoms with E-state index in [1.807, 2.05) is 0 Å². The second-order valence-corrected chi connectivity index (χ2v) is 4.08. The van der Waals surface area contributed by atoms with Crippen LogP contribution in [0.2, 0.25) is 0 Å². The quantitative estimate of drug-likeness (QED) is 0.664. The lowest BCUT2D eigenvalue weighted by Gasteiger charge is -2.23. The molecular weight excluding hydrogens is 164 g/mol. The fourth-order valence-electron chi connectivity index (χ4n) is 1.83. The molecular formula is C11H18O2. The Bertz CT molecular complexity index is 238. The monoisotopic (exact) mass is 182 g/mol. The number of rotatable bonds is 2. The van der Waals surface area contributed by atoms with E-state index >= 15 is 0 Å². The van der Waals surface area contributed by atoms with Crippen molar-refractivity contribution in [2.45, 2.75) is 46.1 Å². The van der Waals surface area contributed by atoms with Gasteiger partial charge in [0.2, 0.25) is 0 Å². The minimum Gasteiger partial charge on any atom is -0.386 e. The summed E-state index contributed by atoms with van der Waals surface area (Å²) in [5, 5.41) is 9.16. The molecule has 0 saturated carbocycles. The molecule has 2 atom stereocenters. The van der Waals surface area contributed by atoms with Gasteiger partial charge in [-0.1, -0.05) is 11.1 Å². The largest absolute Gasteiger partial charge is 0.386 e. The summed E-state index contributed by atoms with van der Waals surface area (Å²) in [6.45, 7) is 5.76. The van der Waals surface area contributed by atoms with Crippen molar-refractivity contribution >= 4 is 5.78 Å². The van der Waals surface area contributed by atoms with Gasteiger partial charge in [-0.3, -0.25) is 4.79 Å². The molecule has 74 valence electrons. The minimum absolute atomic E-state index is 0.00634. The standard InChI is InChI=1S/C11H18O2/c1-7-4-5-10(6-8(7)2)11(13)9(3)12/h9-10,12H,4-6H2,1-3H3/t9-,10-/m0/s1. The van der Waals surface area contributed by atoms with E-state index in [4.69, 9.17) is 5.11 Å². The molecule has 0 fully saturated rings. The van der Waals surface area contributed by atoms with Crippen molar-refractivity contribution in [2.24, 2.45) is 5.92 Å². The molecule has 0 aromatic rings. The van der Waals surface area contributed by atoms with Gasteiger partial charge in [-0.25, -0.2) is 0 Å². The molecule has 0 aliphatic heterocycles. The molecule has 1 rings (SSSR count). The maximum atomic E-state index is 11.5. The average molecular weight is 182 g/mol. The maximum Gasteiger partial charge on any atom is 0.164 e. The lowest BCUT2D eigenvalue weighted by molar-refractivity contribution is -0.130. The summed E-state index contributed by atoms with van der Waals surface area (Å²) in [6.07, 6.45) is 1.97. The number of ketones is 1. The third-order valence-corrected chi connectivity index (χ3v) is 2.96. The summed E-state index contributed by atoms with van der Waals surface area (Å²) in [6, 6.07) is 0. The predicted molar refractivity (Wildman–Crippen MR) is 52.4 cm³/mol. The average Bonchev–Trinajstić information content (AvgIpc) is 2.08. The Morgan fingerprint density at radius 2 is 2.08 bits per heavy atom. The second-order valence-electron chi connectivity index (χ2n) is 4.08. The van der Waals surface area contributed by atoms with E-state index in [2.05, 4.69) is 13.8 Å². The number of carbonyl (C=O) groups is 1. The van der Waals surface area contributed by atoms with Crippen molar-refractivity contribution in [1.29, 1.82) is 0 Å². The first kappa shape index (κ1) is 10.5. The lowest BCUT2D eigenvalue weighted by Crippen LogP contribution is -2.27. The molecule has 0 heterocycles. The summed E-state index contributed by atoms with van der Waals surface area (Å²) >= 11 is 0. The van der Waals surface area contributed by atoms with Gasteiger partial charge in [0.1, 0.15) is 6.10 Å². The maximum absolute atomic E-state index is 11.5. The molecule has 2 nitrogen and oxygen atoms in total. The van der Waals surface area contributed by atoms with Crippen molar-refractivity contribution in [1.82, 2.24) is 0 Å². The Morgan fingerprint density at radius 3 is 2.54 bits per heavy atom. The fraction of sp³-hybridized carbons (Fsp3) is 0.727. The Hall–Kier alpha value is -0.630. The minimum atomic E-state index is -0.795. The van der Waals surface area contributed by atoms with Gasteiger partial charge in [-0.15, -0.1) is 0 Å². The van der Waals surface area contributed by atoms with Crippen molar-refractivity contribution in [3.63, 3.8) is 0 Å². The highest BCUT2D eigenvalue weighted by atomic mass is 16.3. The van der Waals surface area contributed by atoms with Crippen LogP contribution < -0.4 is 0 Å². The van der Waals surface area contributed by atoms with E-state index in [0.717, 1.165) is 19.3 Å². The van der Waals surface area contributed by atoms with Gasteiger partial charge in [0.25, 0.3) is 0 Å². The predicted octanol–water partition coefficient (Wildman–Crippen LogP) is 2.07. The molecule has 0 aromatic carbocycles. The van der Waals surface area contributed by atoms with Gasteiger partial charge in [-0.05, 0) is 40.0 Å². The Labute approximate surface area is 79.6 Å². The Balaban J connectivity index is 2.63. The van der Waals surface area contributed by atoms with Crippen LogP contribution in [0.3, 0.4) is 0 Å². The van der Waals surface area contributed by atoms with Crippen LogP contribution in [0.4, 0.5) is 0 Å². The van der Waals surface area contributed by atoms with Crippen LogP contribution in [0.1, 0.15) is 40.0 Å². The number of aliphatic hydroxyl groups is 1. The molecule has 0 spiro atoms. The highest BCUT2D eigenvalue weighted by Gasteiger charge is 2.25. The highest BCUT2D eigenvalue weighted by Crippen LogP contribution is 2.29. The zero-order valence-corrected chi connectivity index (χ0v) is 8.63. The fourth-order valence-corrected chi connectivity index (χ4v) is 1.83. The molecule has 0 amide bonds. The molecule has 13 heavy (non-hydrogen) atoms. The first-order chi connectivity index (χ1) is 6.02. The van der Waals surface area contributed by atoms with Crippen LogP contribution in [-0.4, -0.2) is 17.0 Å². The van der Waals surface area contributed by atoms with Crippen LogP contribution >= 0.6 is 0 Å². The van der Waals surface area contributed by atoms with E-state index in [9.17, 15) is 4.79 Å². The molecule has 0 aromatic heterocycles. The van der Waals surface area contributed by atoms with Crippen molar-refractivity contribution in [2.75, 3.05) is 0 Å². The van der Waals surface area contributed by atoms with E-state index in [-0.39, 0.29) is 11.7 Å². The van der Waals surface area contributed by atoms with E-state index in [0.29, 0.717) is 0 Å². The van der Waals surface area contributed by atoms with E-state index < -0.39 is 6.10 Å². The molecule has 0 radical (unpaired) electrons. The molecule has 2 heteroatoms. The first-order valence-corrected chi connectivity index (χ1v) is 4.89. The number of hydrogen-bond donors (Lipinski definition) is 1. The third kappa shape index (κ3) is 2.41. The normalized spacial score (nSPS) is 26.0. The van der Waals surface area contributed by atoms with Crippen LogP contribution in [-0.2, 0) is 4.79 Å². The second kappa shape index (κ2) is 4.05. The van der Waals surface area contributed by atoms with Crippen LogP contribution in [0.15, 0.2) is 11.1 Å². The van der Waals surface area contributed by atoms with Gasteiger partial charge >= 0.3 is 0 Å². The molecule has 0 bridgehead atoms. The van der Waals surface area contributed by atoms with E-state index in [1.54, 1.807) is 6.92 Å². The number of Topliss-reactive ketones (excluding diaryl/α,β-unsaturated/α-hetero) is 1. The molecule has 1 aliphatic rings. The molecule has 0 saturated heterocycles. The van der Waals surface area contributed by atoms with Gasteiger partial charge < -0.3 is 5.11 Å². The van der Waals surface area contributed by atoms with Gasteiger partial charge in [0.05, 0.1) is 0 Å². The summed E-state index contributed by atoms with van der Waals surface area (Å²) in [4.78, 5) is 11.5. The smallest absolute Gasteiger partial charge is 0.164 e. The first-order valence-electron chi connectivity index (χ1n) is 4.89. The van der Waals surface area contributed by atoms with Crippen molar-refractivity contribution in [3.05, 3.63) is 11.1 Å². The summed E-state index contributed by atoms with van der Waals surface area (Å²) < 4.78 is 0. The number of carbonyl (C=O) groups excluding carboxylic acids is 1. The van der Waals surface area contributed by atoms with Crippen LogP contribution in [0, 0.1) is 5.92 Å². The van der Waals surface area contributed by atoms with Gasteiger partial charge in [-0.2, -0.15) is 0 Å². The van der Waals surface area contributed by atoms with Crippen LogP contribution in [0.5, 0.6) is 0 Å². The summed E-state index contributed by atoms with van der Waals surface area (Å²) in [5.74, 6) is 0.0653. The lowest BCUT2D eigenvalue weighted by atomic mass is 9.81. The molecule has 1 aliphatic carbocycles. The molecule has 1 N–H and O–H groups in total. The summed E-state index contributed by atoms with van der Waals surface area (Å²) in [7, 11) is 0.